The summed E-state index contributed by atoms with van der Waals surface area (Å²) in [5.74, 6) is -5.04. The highest BCUT2D eigenvalue weighted by atomic mass is 19.3. The topological polar surface area (TPSA) is 91.8 Å². The molecule has 2 heterocycles. The average Bonchev–Trinajstić information content (AvgIpc) is 2.61. The van der Waals surface area contributed by atoms with Crippen LogP contribution in [0.1, 0.15) is 12.0 Å². The molecule has 84 valence electrons. The molecule has 0 bridgehead atoms. The molecule has 0 aliphatic rings. The van der Waals surface area contributed by atoms with Crippen molar-refractivity contribution in [3.8, 4) is 0 Å². The molecule has 0 saturated heterocycles. The van der Waals surface area contributed by atoms with Crippen LogP contribution in [-0.2, 0) is 10.7 Å². The number of aliphatic carboxylic acids is 1. The van der Waals surface area contributed by atoms with Crippen molar-refractivity contribution in [1.82, 2.24) is 20.4 Å². The summed E-state index contributed by atoms with van der Waals surface area (Å²) in [6.45, 7) is 0. The lowest BCUT2D eigenvalue weighted by Gasteiger charge is -2.13. The Bertz CT molecular complexity index is 540. The number of hydrogen-bond acceptors (Lipinski definition) is 4. The van der Waals surface area contributed by atoms with Gasteiger partial charge in [0.2, 0.25) is 5.65 Å². The van der Waals surface area contributed by atoms with Crippen molar-refractivity contribution in [3.63, 3.8) is 0 Å². The Labute approximate surface area is 87.3 Å². The van der Waals surface area contributed by atoms with Gasteiger partial charge in [-0.15, -0.1) is 5.10 Å². The molecule has 0 aliphatic heterocycles. The molecule has 0 atom stereocenters. The third-order valence-electron chi connectivity index (χ3n) is 1.97. The number of carboxylic acids is 1. The van der Waals surface area contributed by atoms with Crippen molar-refractivity contribution in [2.75, 3.05) is 0 Å². The van der Waals surface area contributed by atoms with Crippen LogP contribution in [0.3, 0.4) is 0 Å². The van der Waals surface area contributed by atoms with Gasteiger partial charge in [-0.2, -0.15) is 10.3 Å². The van der Waals surface area contributed by atoms with Crippen molar-refractivity contribution >= 4 is 17.1 Å². The minimum Gasteiger partial charge on any atom is -0.481 e. The molecule has 2 rings (SSSR count). The van der Waals surface area contributed by atoms with Crippen LogP contribution >= 0.6 is 0 Å². The molecule has 0 amide bonds. The first-order chi connectivity index (χ1) is 7.49. The largest absolute Gasteiger partial charge is 0.481 e. The van der Waals surface area contributed by atoms with E-state index >= 15 is 0 Å². The van der Waals surface area contributed by atoms with Gasteiger partial charge in [-0.25, -0.2) is 13.8 Å². The number of fused-ring (bicyclic) bond motifs is 1. The van der Waals surface area contributed by atoms with E-state index in [4.69, 9.17) is 5.11 Å². The number of alkyl halides is 2. The standard InChI is InChI=1S/C8H6F2N4O2/c9-8(10,2-6(15)16)4-1-5-7(11-3-4)13-14-12-5/h1,3H,2H2,(H,15,16)(H,11,12,13,14). The van der Waals surface area contributed by atoms with Gasteiger partial charge in [-0.3, -0.25) is 4.79 Å². The van der Waals surface area contributed by atoms with E-state index in [2.05, 4.69) is 20.4 Å². The van der Waals surface area contributed by atoms with Gasteiger partial charge >= 0.3 is 5.97 Å². The highest BCUT2D eigenvalue weighted by Gasteiger charge is 2.35. The second-order valence-corrected chi connectivity index (χ2v) is 3.17. The van der Waals surface area contributed by atoms with Crippen LogP contribution in [-0.4, -0.2) is 31.5 Å². The predicted octanol–water partition coefficient (Wildman–Crippen LogP) is 0.919. The molecule has 16 heavy (non-hydrogen) atoms. The minimum absolute atomic E-state index is 0.169. The fourth-order valence-electron chi connectivity index (χ4n) is 1.23. The van der Waals surface area contributed by atoms with Crippen molar-refractivity contribution in [3.05, 3.63) is 17.8 Å². The quantitative estimate of drug-likeness (QED) is 0.814. The zero-order chi connectivity index (χ0) is 11.8. The van der Waals surface area contributed by atoms with Gasteiger partial charge in [0.15, 0.2) is 0 Å². The summed E-state index contributed by atoms with van der Waals surface area (Å²) >= 11 is 0. The molecule has 8 heteroatoms. The van der Waals surface area contributed by atoms with E-state index in [1.165, 1.54) is 0 Å². The van der Waals surface area contributed by atoms with Gasteiger partial charge in [0.1, 0.15) is 11.9 Å². The van der Waals surface area contributed by atoms with Crippen LogP contribution in [0.5, 0.6) is 0 Å². The highest BCUT2D eigenvalue weighted by Crippen LogP contribution is 2.31. The Morgan fingerprint density at radius 3 is 2.94 bits per heavy atom. The van der Waals surface area contributed by atoms with Crippen molar-refractivity contribution in [2.45, 2.75) is 12.3 Å². The summed E-state index contributed by atoms with van der Waals surface area (Å²) < 4.78 is 26.7. The number of pyridine rings is 1. The second-order valence-electron chi connectivity index (χ2n) is 3.17. The number of H-pyrrole nitrogens is 1. The monoisotopic (exact) mass is 228 g/mol. The highest BCUT2D eigenvalue weighted by molar-refractivity contribution is 5.71. The smallest absolute Gasteiger partial charge is 0.309 e. The lowest BCUT2D eigenvalue weighted by atomic mass is 10.1. The van der Waals surface area contributed by atoms with E-state index < -0.39 is 23.9 Å². The number of rotatable bonds is 3. The van der Waals surface area contributed by atoms with E-state index in [0.717, 1.165) is 12.3 Å². The Kier molecular flexibility index (Phi) is 2.26. The molecular formula is C8H6F2N4O2. The Hall–Kier alpha value is -2.12. The zero-order valence-electron chi connectivity index (χ0n) is 7.81. The second kappa shape index (κ2) is 3.47. The normalized spacial score (nSPS) is 11.9. The number of aromatic amines is 1. The molecule has 0 aromatic carbocycles. The molecular weight excluding hydrogens is 222 g/mol. The summed E-state index contributed by atoms with van der Waals surface area (Å²) in [4.78, 5) is 13.9. The summed E-state index contributed by atoms with van der Waals surface area (Å²) in [6.07, 6.45) is -0.383. The SMILES string of the molecule is O=C(O)CC(F)(F)c1cnc2n[nH]nc2c1. The molecule has 0 saturated carbocycles. The first-order valence-corrected chi connectivity index (χ1v) is 4.26. The molecule has 0 fully saturated rings. The van der Waals surface area contributed by atoms with Gasteiger partial charge in [-0.1, -0.05) is 0 Å². The van der Waals surface area contributed by atoms with Crippen LogP contribution < -0.4 is 0 Å². The van der Waals surface area contributed by atoms with Crippen molar-refractivity contribution in [2.24, 2.45) is 0 Å². The molecule has 0 unspecified atom stereocenters. The Morgan fingerprint density at radius 1 is 1.50 bits per heavy atom. The number of carbonyl (C=O) groups is 1. The van der Waals surface area contributed by atoms with E-state index in [-0.39, 0.29) is 11.2 Å². The molecule has 2 aromatic rings. The van der Waals surface area contributed by atoms with E-state index in [1.807, 2.05) is 0 Å². The maximum atomic E-state index is 13.4. The molecule has 0 radical (unpaired) electrons. The van der Waals surface area contributed by atoms with Crippen LogP contribution in [0.4, 0.5) is 8.78 Å². The molecule has 6 nitrogen and oxygen atoms in total. The number of hydrogen-bond donors (Lipinski definition) is 2. The van der Waals surface area contributed by atoms with Gasteiger partial charge in [-0.05, 0) is 6.07 Å². The number of nitrogens with zero attached hydrogens (tertiary/aromatic N) is 3. The Balaban J connectivity index is 2.41. The lowest BCUT2D eigenvalue weighted by molar-refractivity contribution is -0.145. The molecule has 2 N–H and O–H groups in total. The van der Waals surface area contributed by atoms with Crippen LogP contribution in [0.15, 0.2) is 12.3 Å². The molecule has 2 aromatic heterocycles. The minimum atomic E-state index is -3.47. The van der Waals surface area contributed by atoms with Gasteiger partial charge in [0.05, 0.1) is 0 Å². The summed E-state index contributed by atoms with van der Waals surface area (Å²) in [6, 6.07) is 1.06. The lowest BCUT2D eigenvalue weighted by Crippen LogP contribution is -2.18. The van der Waals surface area contributed by atoms with Crippen LogP contribution in [0, 0.1) is 0 Å². The number of carboxylic acid groups (broad SMARTS) is 1. The predicted molar refractivity (Wildman–Crippen MR) is 47.8 cm³/mol. The van der Waals surface area contributed by atoms with Gasteiger partial charge < -0.3 is 5.11 Å². The summed E-state index contributed by atoms with van der Waals surface area (Å²) in [7, 11) is 0. The molecule has 0 aliphatic carbocycles. The van der Waals surface area contributed by atoms with E-state index in [9.17, 15) is 13.6 Å². The summed E-state index contributed by atoms with van der Waals surface area (Å²) in [5.41, 5.74) is -0.117. The van der Waals surface area contributed by atoms with E-state index in [0.29, 0.717) is 0 Å². The van der Waals surface area contributed by atoms with Gasteiger partial charge in [0, 0.05) is 11.8 Å². The maximum absolute atomic E-state index is 13.4. The van der Waals surface area contributed by atoms with Crippen molar-refractivity contribution in [1.29, 1.82) is 0 Å². The first kappa shape index (κ1) is 10.4. The summed E-state index contributed by atoms with van der Waals surface area (Å²) in [5, 5.41) is 17.8. The number of halogens is 2. The maximum Gasteiger partial charge on any atom is 0.309 e. The fraction of sp³-hybridized carbons (Fsp3) is 0.250. The third kappa shape index (κ3) is 1.81. The molecule has 0 spiro atoms. The number of aromatic nitrogens is 4. The Morgan fingerprint density at radius 2 is 2.25 bits per heavy atom. The third-order valence-corrected chi connectivity index (χ3v) is 1.97. The van der Waals surface area contributed by atoms with Gasteiger partial charge in [0.25, 0.3) is 5.92 Å². The first-order valence-electron chi connectivity index (χ1n) is 4.26. The van der Waals surface area contributed by atoms with Crippen LogP contribution in [0.25, 0.3) is 11.2 Å². The zero-order valence-corrected chi connectivity index (χ0v) is 7.81. The number of nitrogens with one attached hydrogen (secondary N) is 1. The van der Waals surface area contributed by atoms with Crippen molar-refractivity contribution < 1.29 is 18.7 Å². The van der Waals surface area contributed by atoms with Crippen LogP contribution in [0.2, 0.25) is 0 Å². The fourth-order valence-corrected chi connectivity index (χ4v) is 1.23. The van der Waals surface area contributed by atoms with E-state index in [1.54, 1.807) is 0 Å². The average molecular weight is 228 g/mol.